The topological polar surface area (TPSA) is 68.3 Å². The van der Waals surface area contributed by atoms with Gasteiger partial charge < -0.3 is 15.2 Å². The molecular weight excluding hydrogens is 204 g/mol. The molecule has 0 aliphatic heterocycles. The number of rotatable bonds is 4. The molecule has 0 aromatic heterocycles. The molecule has 4 nitrogen and oxygen atoms in total. The van der Waals surface area contributed by atoms with Gasteiger partial charge in [0.15, 0.2) is 0 Å². The van der Waals surface area contributed by atoms with E-state index in [-0.39, 0.29) is 24.8 Å². The van der Waals surface area contributed by atoms with E-state index in [1.807, 2.05) is 12.1 Å². The van der Waals surface area contributed by atoms with Crippen molar-refractivity contribution in [3.05, 3.63) is 24.3 Å². The first-order valence-corrected chi connectivity index (χ1v) is 3.82. The zero-order valence-electron chi connectivity index (χ0n) is 7.82. The van der Waals surface area contributed by atoms with Gasteiger partial charge in [0.1, 0.15) is 23.9 Å². The van der Waals surface area contributed by atoms with Gasteiger partial charge in [-0.15, -0.1) is 12.4 Å². The number of nitrogens with two attached hydrogens (primary N) is 1. The third-order valence-electron chi connectivity index (χ3n) is 1.44. The van der Waals surface area contributed by atoms with Crippen molar-refractivity contribution in [3.63, 3.8) is 0 Å². The van der Waals surface area contributed by atoms with Crippen LogP contribution in [0.2, 0.25) is 0 Å². The molecule has 1 rings (SSSR count). The molecule has 0 aliphatic carbocycles. The van der Waals surface area contributed by atoms with Crippen molar-refractivity contribution in [2.45, 2.75) is 0 Å². The number of methoxy groups -OCH3 is 1. The lowest BCUT2D eigenvalue weighted by molar-refractivity contribution is 0.367. The van der Waals surface area contributed by atoms with Gasteiger partial charge >= 0.3 is 0 Å². The monoisotopic (exact) mass is 216 g/mol. The van der Waals surface area contributed by atoms with Crippen molar-refractivity contribution in [1.29, 1.82) is 5.41 Å². The molecule has 0 unspecified atom stereocenters. The third-order valence-corrected chi connectivity index (χ3v) is 1.44. The van der Waals surface area contributed by atoms with Gasteiger partial charge in [0.25, 0.3) is 0 Å². The molecular formula is C9H13ClN2O2. The predicted molar refractivity (Wildman–Crippen MR) is 57.7 cm³/mol. The van der Waals surface area contributed by atoms with Crippen molar-refractivity contribution < 1.29 is 9.47 Å². The summed E-state index contributed by atoms with van der Waals surface area (Å²) in [5, 5.41) is 6.96. The average molecular weight is 217 g/mol. The fourth-order valence-corrected chi connectivity index (χ4v) is 0.852. The van der Waals surface area contributed by atoms with Crippen molar-refractivity contribution >= 4 is 18.2 Å². The summed E-state index contributed by atoms with van der Waals surface area (Å²) in [7, 11) is 1.59. The SMILES string of the molecule is COc1cccc(OCC(=N)N)c1.Cl. The van der Waals surface area contributed by atoms with Gasteiger partial charge in [0, 0.05) is 6.07 Å². The fourth-order valence-electron chi connectivity index (χ4n) is 0.852. The number of hydrogen-bond acceptors (Lipinski definition) is 3. The van der Waals surface area contributed by atoms with Gasteiger partial charge in [-0.1, -0.05) is 6.07 Å². The van der Waals surface area contributed by atoms with Crippen molar-refractivity contribution in [1.82, 2.24) is 0 Å². The Morgan fingerprint density at radius 1 is 1.43 bits per heavy atom. The lowest BCUT2D eigenvalue weighted by Crippen LogP contribution is -2.19. The van der Waals surface area contributed by atoms with Gasteiger partial charge in [0.05, 0.1) is 7.11 Å². The van der Waals surface area contributed by atoms with E-state index in [4.69, 9.17) is 20.6 Å². The number of hydrogen-bond donors (Lipinski definition) is 2. The van der Waals surface area contributed by atoms with Crippen LogP contribution in [0.3, 0.4) is 0 Å². The zero-order valence-corrected chi connectivity index (χ0v) is 8.64. The molecule has 1 aromatic carbocycles. The number of ether oxygens (including phenoxy) is 2. The Labute approximate surface area is 88.9 Å². The molecule has 0 amide bonds. The van der Waals surface area contributed by atoms with E-state index in [1.54, 1.807) is 19.2 Å². The van der Waals surface area contributed by atoms with Gasteiger partial charge in [-0.3, -0.25) is 5.41 Å². The molecule has 0 saturated heterocycles. The summed E-state index contributed by atoms with van der Waals surface area (Å²) in [6.07, 6.45) is 0. The minimum Gasteiger partial charge on any atom is -0.497 e. The molecule has 0 bridgehead atoms. The van der Waals surface area contributed by atoms with E-state index in [1.165, 1.54) is 0 Å². The highest BCUT2D eigenvalue weighted by molar-refractivity contribution is 5.85. The largest absolute Gasteiger partial charge is 0.497 e. The van der Waals surface area contributed by atoms with Crippen LogP contribution in [0.15, 0.2) is 24.3 Å². The van der Waals surface area contributed by atoms with Gasteiger partial charge in [-0.2, -0.15) is 0 Å². The van der Waals surface area contributed by atoms with Crippen LogP contribution in [-0.4, -0.2) is 19.6 Å². The second-order valence-corrected chi connectivity index (χ2v) is 2.49. The summed E-state index contributed by atoms with van der Waals surface area (Å²) in [4.78, 5) is 0. The van der Waals surface area contributed by atoms with E-state index in [0.717, 1.165) is 5.75 Å². The fraction of sp³-hybridized carbons (Fsp3) is 0.222. The molecule has 14 heavy (non-hydrogen) atoms. The van der Waals surface area contributed by atoms with Gasteiger partial charge in [0.2, 0.25) is 0 Å². The molecule has 3 N–H and O–H groups in total. The molecule has 0 atom stereocenters. The lowest BCUT2D eigenvalue weighted by Gasteiger charge is -2.05. The molecule has 0 aliphatic rings. The Bertz CT molecular complexity index is 305. The van der Waals surface area contributed by atoms with E-state index >= 15 is 0 Å². The summed E-state index contributed by atoms with van der Waals surface area (Å²) >= 11 is 0. The first-order valence-electron chi connectivity index (χ1n) is 3.82. The summed E-state index contributed by atoms with van der Waals surface area (Å²) < 4.78 is 10.2. The molecule has 0 spiro atoms. The minimum atomic E-state index is 0. The van der Waals surface area contributed by atoms with E-state index in [0.29, 0.717) is 5.75 Å². The first-order chi connectivity index (χ1) is 6.22. The quantitative estimate of drug-likeness (QED) is 0.591. The van der Waals surface area contributed by atoms with Crippen molar-refractivity contribution in [2.75, 3.05) is 13.7 Å². The van der Waals surface area contributed by atoms with E-state index < -0.39 is 0 Å². The Balaban J connectivity index is 0.00000169. The van der Waals surface area contributed by atoms with Gasteiger partial charge in [-0.25, -0.2) is 0 Å². The van der Waals surface area contributed by atoms with Crippen LogP contribution in [0.1, 0.15) is 0 Å². The van der Waals surface area contributed by atoms with Crippen LogP contribution < -0.4 is 15.2 Å². The third kappa shape index (κ3) is 4.00. The van der Waals surface area contributed by atoms with Crippen molar-refractivity contribution in [2.24, 2.45) is 5.73 Å². The second kappa shape index (κ2) is 6.10. The average Bonchev–Trinajstić information content (AvgIpc) is 2.15. The van der Waals surface area contributed by atoms with Crippen LogP contribution >= 0.6 is 12.4 Å². The maximum Gasteiger partial charge on any atom is 0.145 e. The standard InChI is InChI=1S/C9H12N2O2.ClH/c1-12-7-3-2-4-8(5-7)13-6-9(10)11;/h2-5H,6H2,1H3,(H3,10,11);1H. The smallest absolute Gasteiger partial charge is 0.145 e. The lowest BCUT2D eigenvalue weighted by atomic mass is 10.3. The van der Waals surface area contributed by atoms with Crippen LogP contribution in [0.25, 0.3) is 0 Å². The minimum absolute atomic E-state index is 0. The zero-order chi connectivity index (χ0) is 9.68. The second-order valence-electron chi connectivity index (χ2n) is 2.49. The number of halogens is 1. The number of nitrogens with one attached hydrogen (secondary N) is 1. The maximum atomic E-state index is 6.96. The first kappa shape index (κ1) is 12.6. The highest BCUT2D eigenvalue weighted by atomic mass is 35.5. The summed E-state index contributed by atoms with van der Waals surface area (Å²) in [6, 6.07) is 7.16. The predicted octanol–water partition coefficient (Wildman–Crippen LogP) is 1.43. The van der Waals surface area contributed by atoms with E-state index in [9.17, 15) is 0 Å². The number of benzene rings is 1. The summed E-state index contributed by atoms with van der Waals surface area (Å²) in [6.45, 7) is 0.104. The Morgan fingerprint density at radius 3 is 2.64 bits per heavy atom. The van der Waals surface area contributed by atoms with Crippen molar-refractivity contribution in [3.8, 4) is 11.5 Å². The molecule has 0 heterocycles. The van der Waals surface area contributed by atoms with Crippen LogP contribution in [0.5, 0.6) is 11.5 Å². The highest BCUT2D eigenvalue weighted by Gasteiger charge is 1.96. The summed E-state index contributed by atoms with van der Waals surface area (Å²) in [5.74, 6) is 1.37. The van der Waals surface area contributed by atoms with Crippen LogP contribution in [0.4, 0.5) is 0 Å². The highest BCUT2D eigenvalue weighted by Crippen LogP contribution is 2.18. The molecule has 0 radical (unpaired) electrons. The van der Waals surface area contributed by atoms with E-state index in [2.05, 4.69) is 0 Å². The molecule has 0 fully saturated rings. The molecule has 5 heteroatoms. The normalized spacial score (nSPS) is 8.64. The summed E-state index contributed by atoms with van der Waals surface area (Å²) in [5.41, 5.74) is 5.14. The molecule has 78 valence electrons. The van der Waals surface area contributed by atoms with Crippen LogP contribution in [-0.2, 0) is 0 Å². The molecule has 0 saturated carbocycles. The van der Waals surface area contributed by atoms with Crippen LogP contribution in [0, 0.1) is 5.41 Å². The Morgan fingerprint density at radius 2 is 2.07 bits per heavy atom. The Hall–Kier alpha value is -1.42. The maximum absolute atomic E-state index is 6.96. The number of amidine groups is 1. The van der Waals surface area contributed by atoms with Gasteiger partial charge in [-0.05, 0) is 12.1 Å². The Kier molecular flexibility index (Phi) is 5.48. The molecule has 1 aromatic rings.